The molecule has 0 radical (unpaired) electrons. The third kappa shape index (κ3) is 3.16. The lowest BCUT2D eigenvalue weighted by Gasteiger charge is -2.08. The van der Waals surface area contributed by atoms with Gasteiger partial charge in [0.05, 0.1) is 11.6 Å². The van der Waals surface area contributed by atoms with Gasteiger partial charge in [0.1, 0.15) is 10.6 Å². The van der Waals surface area contributed by atoms with Gasteiger partial charge in [-0.1, -0.05) is 12.1 Å². The van der Waals surface area contributed by atoms with Gasteiger partial charge in [0.2, 0.25) is 0 Å². The van der Waals surface area contributed by atoms with Crippen LogP contribution in [0, 0.1) is 25.2 Å². The highest BCUT2D eigenvalue weighted by atomic mass is 32.2. The fraction of sp³-hybridized carbons (Fsp3) is 0.133. The molecule has 2 aromatic rings. The van der Waals surface area contributed by atoms with Gasteiger partial charge < -0.3 is 4.18 Å². The molecule has 20 heavy (non-hydrogen) atoms. The second-order valence-corrected chi connectivity index (χ2v) is 6.05. The first-order valence-electron chi connectivity index (χ1n) is 5.94. The molecule has 0 aliphatic carbocycles. The fourth-order valence-corrected chi connectivity index (χ4v) is 2.84. The SMILES string of the molecule is Cc1cc(C)cc(OS(=O)(=O)c2cccc(C#N)c2)c1. The summed E-state index contributed by atoms with van der Waals surface area (Å²) in [7, 11) is -3.93. The Hall–Kier alpha value is -2.32. The maximum atomic E-state index is 12.2. The summed E-state index contributed by atoms with van der Waals surface area (Å²) in [6.45, 7) is 3.73. The highest BCUT2D eigenvalue weighted by Crippen LogP contribution is 2.21. The Bertz CT molecular complexity index is 769. The van der Waals surface area contributed by atoms with Crippen molar-refractivity contribution in [3.8, 4) is 11.8 Å². The molecular formula is C15H13NO3S. The van der Waals surface area contributed by atoms with E-state index in [1.54, 1.807) is 12.1 Å². The van der Waals surface area contributed by atoms with Crippen molar-refractivity contribution in [1.29, 1.82) is 5.26 Å². The van der Waals surface area contributed by atoms with Crippen LogP contribution in [0.1, 0.15) is 16.7 Å². The Morgan fingerprint density at radius 3 is 2.30 bits per heavy atom. The molecule has 0 aliphatic rings. The summed E-state index contributed by atoms with van der Waals surface area (Å²) in [6, 6.07) is 12.9. The Labute approximate surface area is 118 Å². The predicted octanol–water partition coefficient (Wildman–Crippen LogP) is 2.94. The van der Waals surface area contributed by atoms with Gasteiger partial charge in [0.25, 0.3) is 0 Å². The Morgan fingerprint density at radius 2 is 1.70 bits per heavy atom. The van der Waals surface area contributed by atoms with Crippen LogP contribution in [0.5, 0.6) is 5.75 Å². The van der Waals surface area contributed by atoms with Crippen LogP contribution in [0.4, 0.5) is 0 Å². The van der Waals surface area contributed by atoms with E-state index in [9.17, 15) is 8.42 Å². The van der Waals surface area contributed by atoms with Crippen LogP contribution in [0.3, 0.4) is 0 Å². The topological polar surface area (TPSA) is 67.2 Å². The van der Waals surface area contributed by atoms with Crippen molar-refractivity contribution < 1.29 is 12.6 Å². The molecule has 2 rings (SSSR count). The summed E-state index contributed by atoms with van der Waals surface area (Å²) < 4.78 is 29.4. The number of rotatable bonds is 3. The maximum Gasteiger partial charge on any atom is 0.339 e. The van der Waals surface area contributed by atoms with Gasteiger partial charge >= 0.3 is 10.1 Å². The number of nitrogens with zero attached hydrogens (tertiary/aromatic N) is 1. The lowest BCUT2D eigenvalue weighted by Crippen LogP contribution is -2.10. The molecule has 2 aromatic carbocycles. The highest BCUT2D eigenvalue weighted by Gasteiger charge is 2.17. The monoisotopic (exact) mass is 287 g/mol. The Kier molecular flexibility index (Phi) is 3.77. The number of nitriles is 1. The van der Waals surface area contributed by atoms with Crippen molar-refractivity contribution in [2.24, 2.45) is 0 Å². The van der Waals surface area contributed by atoms with Crippen LogP contribution in [0.15, 0.2) is 47.4 Å². The van der Waals surface area contributed by atoms with E-state index in [0.717, 1.165) is 11.1 Å². The molecule has 0 fully saturated rings. The van der Waals surface area contributed by atoms with Gasteiger partial charge in [0, 0.05) is 0 Å². The first-order chi connectivity index (χ1) is 9.40. The van der Waals surface area contributed by atoms with Crippen LogP contribution in [-0.4, -0.2) is 8.42 Å². The Morgan fingerprint density at radius 1 is 1.05 bits per heavy atom. The fourth-order valence-electron chi connectivity index (χ4n) is 1.88. The van der Waals surface area contributed by atoms with E-state index in [4.69, 9.17) is 9.44 Å². The minimum atomic E-state index is -3.93. The zero-order valence-electron chi connectivity index (χ0n) is 11.1. The van der Waals surface area contributed by atoms with Gasteiger partial charge in [0.15, 0.2) is 0 Å². The molecule has 0 aliphatic heterocycles. The molecule has 5 heteroatoms. The van der Waals surface area contributed by atoms with Gasteiger partial charge in [-0.15, -0.1) is 0 Å². The molecule has 0 atom stereocenters. The van der Waals surface area contributed by atoms with Gasteiger partial charge in [-0.05, 0) is 55.3 Å². The molecule has 0 N–H and O–H groups in total. The van der Waals surface area contributed by atoms with Crippen LogP contribution in [0.25, 0.3) is 0 Å². The lowest BCUT2D eigenvalue weighted by molar-refractivity contribution is 0.485. The molecule has 102 valence electrons. The van der Waals surface area contributed by atoms with Gasteiger partial charge in [-0.3, -0.25) is 0 Å². The molecule has 0 saturated carbocycles. The molecule has 0 heterocycles. The standard InChI is InChI=1S/C15H13NO3S/c1-11-6-12(2)8-14(7-11)19-20(17,18)15-5-3-4-13(9-15)10-16/h3-9H,1-2H3. The summed E-state index contributed by atoms with van der Waals surface area (Å²) in [5.74, 6) is 0.268. The third-order valence-corrected chi connectivity index (χ3v) is 3.90. The predicted molar refractivity (Wildman–Crippen MR) is 74.9 cm³/mol. The summed E-state index contributed by atoms with van der Waals surface area (Å²) in [6.07, 6.45) is 0. The number of hydrogen-bond acceptors (Lipinski definition) is 4. The van der Waals surface area contributed by atoms with E-state index < -0.39 is 10.1 Å². The number of hydrogen-bond donors (Lipinski definition) is 0. The van der Waals surface area contributed by atoms with E-state index in [1.807, 2.05) is 26.0 Å². The summed E-state index contributed by atoms with van der Waals surface area (Å²) >= 11 is 0. The molecule has 0 saturated heterocycles. The molecule has 0 bridgehead atoms. The summed E-state index contributed by atoms with van der Waals surface area (Å²) in [4.78, 5) is -0.0318. The van der Waals surface area contributed by atoms with Crippen molar-refractivity contribution in [3.63, 3.8) is 0 Å². The van der Waals surface area contributed by atoms with Crippen molar-refractivity contribution in [2.45, 2.75) is 18.7 Å². The first kappa shape index (κ1) is 14.1. The number of aryl methyl sites for hydroxylation is 2. The highest BCUT2D eigenvalue weighted by molar-refractivity contribution is 7.87. The van der Waals surface area contributed by atoms with Gasteiger partial charge in [-0.2, -0.15) is 13.7 Å². The van der Waals surface area contributed by atoms with E-state index >= 15 is 0 Å². The van der Waals surface area contributed by atoms with E-state index in [0.29, 0.717) is 0 Å². The smallest absolute Gasteiger partial charge is 0.339 e. The van der Waals surface area contributed by atoms with Crippen LogP contribution < -0.4 is 4.18 Å². The molecule has 0 amide bonds. The van der Waals surface area contributed by atoms with Crippen LogP contribution >= 0.6 is 0 Å². The average molecular weight is 287 g/mol. The third-order valence-electron chi connectivity index (χ3n) is 2.65. The molecule has 4 nitrogen and oxygen atoms in total. The zero-order valence-corrected chi connectivity index (χ0v) is 11.9. The van der Waals surface area contributed by atoms with Crippen LogP contribution in [0.2, 0.25) is 0 Å². The first-order valence-corrected chi connectivity index (χ1v) is 7.34. The average Bonchev–Trinajstić information content (AvgIpc) is 2.37. The van der Waals surface area contributed by atoms with E-state index in [2.05, 4.69) is 0 Å². The molecule has 0 unspecified atom stereocenters. The van der Waals surface area contributed by atoms with Crippen molar-refractivity contribution in [3.05, 3.63) is 59.2 Å². The normalized spacial score (nSPS) is 10.8. The zero-order chi connectivity index (χ0) is 14.8. The Balaban J connectivity index is 2.38. The number of benzene rings is 2. The minimum Gasteiger partial charge on any atom is -0.379 e. The lowest BCUT2D eigenvalue weighted by atomic mass is 10.1. The molecule has 0 aromatic heterocycles. The van der Waals surface area contributed by atoms with Gasteiger partial charge in [-0.25, -0.2) is 0 Å². The van der Waals surface area contributed by atoms with E-state index in [1.165, 1.54) is 24.3 Å². The largest absolute Gasteiger partial charge is 0.379 e. The van der Waals surface area contributed by atoms with Crippen molar-refractivity contribution >= 4 is 10.1 Å². The minimum absolute atomic E-state index is 0.0318. The molecule has 0 spiro atoms. The maximum absolute atomic E-state index is 12.2. The second kappa shape index (κ2) is 5.35. The van der Waals surface area contributed by atoms with Crippen molar-refractivity contribution in [2.75, 3.05) is 0 Å². The van der Waals surface area contributed by atoms with Crippen LogP contribution in [-0.2, 0) is 10.1 Å². The molecular weight excluding hydrogens is 274 g/mol. The second-order valence-electron chi connectivity index (χ2n) is 4.50. The van der Waals surface area contributed by atoms with E-state index in [-0.39, 0.29) is 16.2 Å². The van der Waals surface area contributed by atoms with Crippen molar-refractivity contribution in [1.82, 2.24) is 0 Å². The summed E-state index contributed by atoms with van der Waals surface area (Å²) in [5, 5.41) is 8.80. The quantitative estimate of drug-likeness (QED) is 0.814. The summed E-state index contributed by atoms with van der Waals surface area (Å²) in [5.41, 5.74) is 2.11.